The fourth-order valence-electron chi connectivity index (χ4n) is 4.19. The largest absolute Gasteiger partial charge is 0.494 e. The molecule has 4 rings (SSSR count). The first-order valence-corrected chi connectivity index (χ1v) is 11.1. The molecule has 0 spiro atoms. The lowest BCUT2D eigenvalue weighted by atomic mass is 9.79. The summed E-state index contributed by atoms with van der Waals surface area (Å²) in [6.07, 6.45) is 0. The van der Waals surface area contributed by atoms with Gasteiger partial charge in [0.1, 0.15) is 17.4 Å². The Morgan fingerprint density at radius 2 is 1.97 bits per heavy atom. The Labute approximate surface area is 189 Å². The smallest absolute Gasteiger partial charge is 0.317 e. The number of thiocarbonyl (C=S) groups is 1. The van der Waals surface area contributed by atoms with Gasteiger partial charge in [-0.05, 0) is 75.5 Å². The molecule has 2 aliphatic heterocycles. The molecule has 158 valence electrons. The molecule has 0 amide bonds. The molecule has 30 heavy (non-hydrogen) atoms. The zero-order chi connectivity index (χ0) is 21.5. The number of halogens is 1. The number of anilines is 1. The van der Waals surface area contributed by atoms with Crippen LogP contribution in [0.2, 0.25) is 0 Å². The molecule has 0 aromatic heterocycles. The van der Waals surface area contributed by atoms with Crippen molar-refractivity contribution >= 4 is 44.9 Å². The van der Waals surface area contributed by atoms with Crippen molar-refractivity contribution in [1.82, 2.24) is 5.32 Å². The minimum atomic E-state index is -1.06. The van der Waals surface area contributed by atoms with E-state index in [1.165, 1.54) is 0 Å². The van der Waals surface area contributed by atoms with Crippen LogP contribution < -0.4 is 19.7 Å². The van der Waals surface area contributed by atoms with Crippen molar-refractivity contribution in [1.29, 1.82) is 0 Å². The van der Waals surface area contributed by atoms with Crippen molar-refractivity contribution < 1.29 is 19.0 Å². The number of hydrogen-bond donors (Lipinski definition) is 1. The Hall–Kier alpha value is -2.32. The number of carbonyl (C=O) groups is 1. The molecule has 1 fully saturated rings. The number of carbonyl (C=O) groups excluding carboxylic acids is 1. The highest BCUT2D eigenvalue weighted by molar-refractivity contribution is 9.10. The van der Waals surface area contributed by atoms with Gasteiger partial charge in [-0.25, -0.2) is 0 Å². The summed E-state index contributed by atoms with van der Waals surface area (Å²) in [5.74, 6) is 0.512. The van der Waals surface area contributed by atoms with Crippen molar-refractivity contribution in [3.63, 3.8) is 0 Å². The van der Waals surface area contributed by atoms with Gasteiger partial charge >= 0.3 is 5.97 Å². The van der Waals surface area contributed by atoms with Crippen molar-refractivity contribution in [3.05, 3.63) is 52.5 Å². The van der Waals surface area contributed by atoms with Crippen LogP contribution in [0.15, 0.2) is 46.9 Å². The van der Waals surface area contributed by atoms with E-state index in [-0.39, 0.29) is 18.6 Å². The Morgan fingerprint density at radius 3 is 2.63 bits per heavy atom. The predicted octanol–water partition coefficient (Wildman–Crippen LogP) is 4.57. The third-order valence-electron chi connectivity index (χ3n) is 5.41. The third kappa shape index (κ3) is 3.41. The second kappa shape index (κ2) is 8.07. The van der Waals surface area contributed by atoms with E-state index >= 15 is 0 Å². The Morgan fingerprint density at radius 1 is 1.23 bits per heavy atom. The number of nitrogens with one attached hydrogen (secondary N) is 1. The maximum atomic E-state index is 13.1. The molecule has 3 unspecified atom stereocenters. The van der Waals surface area contributed by atoms with E-state index in [2.05, 4.69) is 21.2 Å². The first-order chi connectivity index (χ1) is 14.4. The van der Waals surface area contributed by atoms with Gasteiger partial charge in [0.2, 0.25) is 5.72 Å². The Bertz CT molecular complexity index is 984. The Kier molecular flexibility index (Phi) is 5.63. The van der Waals surface area contributed by atoms with E-state index in [0.29, 0.717) is 17.5 Å². The number of nitrogens with zero attached hydrogens (tertiary/aromatic N) is 1. The van der Waals surface area contributed by atoms with Gasteiger partial charge in [-0.15, -0.1) is 0 Å². The monoisotopic (exact) mass is 490 g/mol. The van der Waals surface area contributed by atoms with Crippen LogP contribution >= 0.6 is 28.1 Å². The highest BCUT2D eigenvalue weighted by atomic mass is 79.9. The molecule has 0 aliphatic carbocycles. The molecule has 1 N–H and O–H groups in total. The molecule has 6 nitrogen and oxygen atoms in total. The van der Waals surface area contributed by atoms with Crippen LogP contribution in [0.5, 0.6) is 11.5 Å². The van der Waals surface area contributed by atoms with Crippen LogP contribution in [0.3, 0.4) is 0 Å². The summed E-state index contributed by atoms with van der Waals surface area (Å²) >= 11 is 9.24. The first kappa shape index (κ1) is 20.9. The van der Waals surface area contributed by atoms with Gasteiger partial charge < -0.3 is 19.5 Å². The van der Waals surface area contributed by atoms with Crippen LogP contribution in [0.4, 0.5) is 5.69 Å². The van der Waals surface area contributed by atoms with E-state index in [9.17, 15) is 4.79 Å². The van der Waals surface area contributed by atoms with Crippen LogP contribution in [0, 0.1) is 5.92 Å². The molecule has 2 aromatic rings. The van der Waals surface area contributed by atoms with Crippen LogP contribution in [0.1, 0.15) is 32.4 Å². The van der Waals surface area contributed by atoms with Gasteiger partial charge in [-0.3, -0.25) is 9.69 Å². The molecule has 0 saturated carbocycles. The van der Waals surface area contributed by atoms with Crippen LogP contribution in [-0.4, -0.2) is 30.0 Å². The van der Waals surface area contributed by atoms with Crippen molar-refractivity contribution in [2.24, 2.45) is 5.92 Å². The predicted molar refractivity (Wildman–Crippen MR) is 122 cm³/mol. The van der Waals surface area contributed by atoms with Crippen molar-refractivity contribution in [3.8, 4) is 11.5 Å². The molecule has 0 radical (unpaired) electrons. The van der Waals surface area contributed by atoms with Crippen LogP contribution in [-0.2, 0) is 9.53 Å². The zero-order valence-corrected chi connectivity index (χ0v) is 19.4. The van der Waals surface area contributed by atoms with E-state index < -0.39 is 11.6 Å². The molecule has 3 atom stereocenters. The van der Waals surface area contributed by atoms with Gasteiger partial charge in [0.15, 0.2) is 5.11 Å². The standard InChI is InChI=1S/C22H23BrN2O4S/c1-4-27-15-9-7-14(8-10-15)25-21(30)24-19-16-12-13(23)6-11-17(16)29-22(25,3)18(19)20(26)28-5-2/h6-12,18-19H,4-5H2,1-3H3,(H,24,30). The number of esters is 1. The second-order valence-corrected chi connectivity index (χ2v) is 8.56. The van der Waals surface area contributed by atoms with Gasteiger partial charge in [0, 0.05) is 15.7 Å². The molecule has 1 saturated heterocycles. The molecule has 2 bridgehead atoms. The number of hydrogen-bond acceptors (Lipinski definition) is 5. The highest BCUT2D eigenvalue weighted by Gasteiger charge is 2.59. The molecule has 2 heterocycles. The van der Waals surface area contributed by atoms with E-state index in [1.807, 2.05) is 61.2 Å². The second-order valence-electron chi connectivity index (χ2n) is 7.26. The quantitative estimate of drug-likeness (QED) is 0.486. The Balaban J connectivity index is 1.83. The minimum Gasteiger partial charge on any atom is -0.494 e. The lowest BCUT2D eigenvalue weighted by molar-refractivity contribution is -0.159. The topological polar surface area (TPSA) is 60.0 Å². The minimum absolute atomic E-state index is 0.289. The summed E-state index contributed by atoms with van der Waals surface area (Å²) in [4.78, 5) is 14.9. The SMILES string of the molecule is CCOC(=O)C1C2NC(=S)N(c3ccc(OCC)cc3)C1(C)Oc1ccc(Br)cc12. The highest BCUT2D eigenvalue weighted by Crippen LogP contribution is 2.50. The van der Waals surface area contributed by atoms with Gasteiger partial charge in [-0.1, -0.05) is 15.9 Å². The summed E-state index contributed by atoms with van der Waals surface area (Å²) in [6.45, 7) is 6.50. The summed E-state index contributed by atoms with van der Waals surface area (Å²) in [5, 5.41) is 3.84. The summed E-state index contributed by atoms with van der Waals surface area (Å²) in [5.41, 5.74) is 0.605. The molecule has 2 aromatic carbocycles. The number of rotatable bonds is 5. The average Bonchev–Trinajstić information content (AvgIpc) is 2.70. The van der Waals surface area contributed by atoms with Gasteiger partial charge in [-0.2, -0.15) is 0 Å². The fourth-order valence-corrected chi connectivity index (χ4v) is 4.99. The molecule has 8 heteroatoms. The van der Waals surface area contributed by atoms with E-state index in [4.69, 9.17) is 26.4 Å². The summed E-state index contributed by atoms with van der Waals surface area (Å²) in [7, 11) is 0. The van der Waals surface area contributed by atoms with Gasteiger partial charge in [0.25, 0.3) is 0 Å². The third-order valence-corrected chi connectivity index (χ3v) is 6.20. The maximum Gasteiger partial charge on any atom is 0.317 e. The number of benzene rings is 2. The fraction of sp³-hybridized carbons (Fsp3) is 0.364. The van der Waals surface area contributed by atoms with E-state index in [0.717, 1.165) is 21.5 Å². The van der Waals surface area contributed by atoms with Crippen molar-refractivity contribution in [2.45, 2.75) is 32.5 Å². The van der Waals surface area contributed by atoms with E-state index in [1.54, 1.807) is 6.92 Å². The maximum absolute atomic E-state index is 13.1. The summed E-state index contributed by atoms with van der Waals surface area (Å²) in [6, 6.07) is 13.0. The number of fused-ring (bicyclic) bond motifs is 4. The zero-order valence-electron chi connectivity index (χ0n) is 17.0. The first-order valence-electron chi connectivity index (χ1n) is 9.87. The molecule has 2 aliphatic rings. The lowest BCUT2D eigenvalue weighted by Gasteiger charge is -2.55. The average molecular weight is 491 g/mol. The normalized spacial score (nSPS) is 24.4. The number of ether oxygens (including phenoxy) is 3. The van der Waals surface area contributed by atoms with Gasteiger partial charge in [0.05, 0.1) is 19.3 Å². The lowest BCUT2D eigenvalue weighted by Crippen LogP contribution is -2.71. The van der Waals surface area contributed by atoms with Crippen molar-refractivity contribution in [2.75, 3.05) is 18.1 Å². The molecular formula is C22H23BrN2O4S. The molecular weight excluding hydrogens is 468 g/mol. The van der Waals surface area contributed by atoms with Crippen LogP contribution in [0.25, 0.3) is 0 Å². The summed E-state index contributed by atoms with van der Waals surface area (Å²) < 4.78 is 18.4.